The molecule has 0 saturated heterocycles. The summed E-state index contributed by atoms with van der Waals surface area (Å²) in [6.45, 7) is 0.184. The van der Waals surface area contributed by atoms with Crippen LogP contribution in [0.4, 0.5) is 0 Å². The lowest BCUT2D eigenvalue weighted by molar-refractivity contribution is 0.138. The van der Waals surface area contributed by atoms with Crippen LogP contribution in [0.2, 0.25) is 0 Å². The van der Waals surface area contributed by atoms with Crippen LogP contribution in [0.3, 0.4) is 0 Å². The molecule has 1 unspecified atom stereocenters. The predicted octanol–water partition coefficient (Wildman–Crippen LogP) is 3.12. The lowest BCUT2D eigenvalue weighted by Crippen LogP contribution is -2.06. The molecule has 0 saturated carbocycles. The smallest absolute Gasteiger partial charge is 0.115 e. The van der Waals surface area contributed by atoms with Gasteiger partial charge in [0.15, 0.2) is 0 Å². The van der Waals surface area contributed by atoms with Crippen molar-refractivity contribution in [2.75, 3.05) is 20.0 Å². The van der Waals surface area contributed by atoms with Crippen LogP contribution < -0.4 is 0 Å². The van der Waals surface area contributed by atoms with E-state index in [1.165, 1.54) is 4.91 Å². The first-order valence-electron chi connectivity index (χ1n) is 5.70. The van der Waals surface area contributed by atoms with Gasteiger partial charge in [-0.2, -0.15) is 4.91 Å². The molecular weight excluding hydrogens is 248 g/mol. The molecule has 1 aliphatic rings. The van der Waals surface area contributed by atoms with Crippen LogP contribution in [0, 0.1) is 4.91 Å². The van der Waals surface area contributed by atoms with Gasteiger partial charge in [-0.15, -0.1) is 11.8 Å². The van der Waals surface area contributed by atoms with E-state index in [1.54, 1.807) is 18.9 Å². The number of methoxy groups -OCH3 is 1. The first-order valence-corrected chi connectivity index (χ1v) is 6.69. The van der Waals surface area contributed by atoms with Crippen LogP contribution in [0.15, 0.2) is 40.5 Å². The molecular formula is C13H16N2O2S. The van der Waals surface area contributed by atoms with E-state index < -0.39 is 0 Å². The largest absolute Gasteiger partial charge is 0.371 e. The molecule has 1 aliphatic heterocycles. The molecule has 1 aromatic rings. The van der Waals surface area contributed by atoms with Gasteiger partial charge in [-0.1, -0.05) is 29.4 Å². The maximum absolute atomic E-state index is 10.5. The van der Waals surface area contributed by atoms with Crippen molar-refractivity contribution < 1.29 is 4.74 Å². The number of hydrogen-bond donors (Lipinski definition) is 0. The van der Waals surface area contributed by atoms with Crippen molar-refractivity contribution in [3.05, 3.63) is 51.4 Å². The van der Waals surface area contributed by atoms with E-state index >= 15 is 0 Å². The molecule has 0 radical (unpaired) electrons. The van der Waals surface area contributed by atoms with Crippen molar-refractivity contribution >= 4 is 11.8 Å². The van der Waals surface area contributed by atoms with E-state index in [9.17, 15) is 4.91 Å². The van der Waals surface area contributed by atoms with Crippen molar-refractivity contribution in [3.8, 4) is 0 Å². The number of thioether (sulfide) groups is 1. The van der Waals surface area contributed by atoms with Crippen LogP contribution in [0.25, 0.3) is 0 Å². The normalized spacial score (nSPS) is 16.6. The number of nitroso groups, excluding NO2 is 1. The third kappa shape index (κ3) is 2.73. The number of nitrogens with zero attached hydrogens (tertiary/aromatic N) is 2. The molecule has 0 aliphatic carbocycles. The molecule has 0 N–H and O–H groups in total. The molecule has 0 bridgehead atoms. The summed E-state index contributed by atoms with van der Waals surface area (Å²) < 4.78 is 5.60. The van der Waals surface area contributed by atoms with E-state index in [4.69, 9.17) is 4.74 Å². The molecule has 96 valence electrons. The van der Waals surface area contributed by atoms with Gasteiger partial charge in [0.25, 0.3) is 0 Å². The van der Waals surface area contributed by atoms with E-state index in [1.807, 2.05) is 31.3 Å². The van der Waals surface area contributed by atoms with Crippen molar-refractivity contribution in [2.45, 2.75) is 12.6 Å². The minimum absolute atomic E-state index is 0.113. The summed E-state index contributed by atoms with van der Waals surface area (Å²) in [5.74, 6) is 0.934. The Morgan fingerprint density at radius 1 is 1.50 bits per heavy atom. The van der Waals surface area contributed by atoms with Crippen molar-refractivity contribution in [1.29, 1.82) is 0 Å². The van der Waals surface area contributed by atoms with Crippen LogP contribution in [0.5, 0.6) is 0 Å². The fourth-order valence-electron chi connectivity index (χ4n) is 2.01. The van der Waals surface area contributed by atoms with E-state index in [0.29, 0.717) is 0 Å². The zero-order valence-electron chi connectivity index (χ0n) is 10.5. The van der Waals surface area contributed by atoms with Crippen LogP contribution in [0.1, 0.15) is 17.2 Å². The average molecular weight is 264 g/mol. The molecule has 1 heterocycles. The summed E-state index contributed by atoms with van der Waals surface area (Å²) >= 11 is 1.76. The topological polar surface area (TPSA) is 41.9 Å². The van der Waals surface area contributed by atoms with Gasteiger partial charge >= 0.3 is 0 Å². The van der Waals surface area contributed by atoms with Gasteiger partial charge < -0.3 is 9.64 Å². The van der Waals surface area contributed by atoms with Gasteiger partial charge in [0, 0.05) is 25.3 Å². The first kappa shape index (κ1) is 13.1. The molecule has 1 aromatic carbocycles. The second-order valence-corrected chi connectivity index (χ2v) is 5.18. The third-order valence-corrected chi connectivity index (χ3v) is 4.04. The highest BCUT2D eigenvalue weighted by molar-refractivity contribution is 8.03. The zero-order valence-corrected chi connectivity index (χ0v) is 11.3. The van der Waals surface area contributed by atoms with E-state index in [2.05, 4.69) is 16.3 Å². The number of ether oxygens (including phenoxy) is 1. The number of rotatable bonds is 5. The van der Waals surface area contributed by atoms with Gasteiger partial charge in [-0.25, -0.2) is 0 Å². The van der Waals surface area contributed by atoms with Crippen LogP contribution in [-0.2, 0) is 11.3 Å². The van der Waals surface area contributed by atoms with Crippen LogP contribution in [-0.4, -0.2) is 24.9 Å². The van der Waals surface area contributed by atoms with E-state index in [-0.39, 0.29) is 12.6 Å². The average Bonchev–Trinajstić information content (AvgIpc) is 2.79. The molecule has 1 atom stereocenters. The van der Waals surface area contributed by atoms with Crippen LogP contribution >= 0.6 is 11.8 Å². The van der Waals surface area contributed by atoms with E-state index in [0.717, 1.165) is 17.0 Å². The summed E-state index contributed by atoms with van der Waals surface area (Å²) in [6, 6.07) is 7.79. The fraction of sp³-hybridized carbons (Fsp3) is 0.385. The minimum atomic E-state index is -0.113. The fourth-order valence-corrected chi connectivity index (χ4v) is 3.07. The highest BCUT2D eigenvalue weighted by Gasteiger charge is 2.23. The Hall–Kier alpha value is -1.33. The monoisotopic (exact) mass is 264 g/mol. The summed E-state index contributed by atoms with van der Waals surface area (Å²) in [5.41, 5.74) is 1.95. The highest BCUT2D eigenvalue weighted by Crippen LogP contribution is 2.38. The lowest BCUT2D eigenvalue weighted by Gasteiger charge is -2.18. The lowest BCUT2D eigenvalue weighted by atomic mass is 10.0. The van der Waals surface area contributed by atoms with Crippen molar-refractivity contribution in [3.63, 3.8) is 0 Å². The maximum atomic E-state index is 10.5. The summed E-state index contributed by atoms with van der Waals surface area (Å²) in [7, 11) is 3.72. The molecule has 0 amide bonds. The highest BCUT2D eigenvalue weighted by atomic mass is 32.2. The number of hydrogen-bond acceptors (Lipinski definition) is 5. The molecule has 0 aromatic heterocycles. The standard InChI is InChI=1S/C13H16N2O2S/c1-15-8-12(18-9-15)13(17-2)11-6-4-3-5-10(11)7-14-16/h3-6,8,13H,7,9H2,1-2H3. The summed E-state index contributed by atoms with van der Waals surface area (Å²) in [6.07, 6.45) is 1.97. The predicted molar refractivity (Wildman–Crippen MR) is 74.0 cm³/mol. The molecule has 0 fully saturated rings. The summed E-state index contributed by atoms with van der Waals surface area (Å²) in [4.78, 5) is 13.8. The van der Waals surface area contributed by atoms with Crippen molar-refractivity contribution in [2.24, 2.45) is 5.18 Å². The van der Waals surface area contributed by atoms with Gasteiger partial charge in [-0.05, 0) is 11.1 Å². The minimum Gasteiger partial charge on any atom is -0.371 e. The van der Waals surface area contributed by atoms with Gasteiger partial charge in [-0.3, -0.25) is 0 Å². The molecule has 18 heavy (non-hydrogen) atoms. The molecule has 2 rings (SSSR count). The molecule has 5 heteroatoms. The van der Waals surface area contributed by atoms with Crippen molar-refractivity contribution in [1.82, 2.24) is 4.90 Å². The Morgan fingerprint density at radius 2 is 2.28 bits per heavy atom. The molecule has 4 nitrogen and oxygen atoms in total. The SMILES string of the molecule is COC(C1=CN(C)CS1)c1ccccc1CN=O. The second kappa shape index (κ2) is 6.02. The summed E-state index contributed by atoms with van der Waals surface area (Å²) in [5, 5.41) is 2.98. The number of benzene rings is 1. The third-order valence-electron chi connectivity index (χ3n) is 2.85. The Balaban J connectivity index is 2.32. The quantitative estimate of drug-likeness (QED) is 0.766. The Labute approximate surface area is 111 Å². The molecule has 0 spiro atoms. The second-order valence-electron chi connectivity index (χ2n) is 4.16. The van der Waals surface area contributed by atoms with Gasteiger partial charge in [0.2, 0.25) is 0 Å². The zero-order chi connectivity index (χ0) is 13.0. The van der Waals surface area contributed by atoms with Gasteiger partial charge in [0.05, 0.1) is 5.88 Å². The Kier molecular flexibility index (Phi) is 4.38. The maximum Gasteiger partial charge on any atom is 0.115 e. The Bertz CT molecular complexity index is 462. The first-order chi connectivity index (χ1) is 8.76. The Morgan fingerprint density at radius 3 is 2.89 bits per heavy atom. The van der Waals surface area contributed by atoms with Gasteiger partial charge in [0.1, 0.15) is 12.6 Å².